The van der Waals surface area contributed by atoms with Crippen LogP contribution < -0.4 is 11.0 Å². The summed E-state index contributed by atoms with van der Waals surface area (Å²) in [4.78, 5) is 67.2. The van der Waals surface area contributed by atoms with E-state index < -0.39 is 11.9 Å². The molecule has 0 spiro atoms. The molecular formula is C46H64N8O9. The first kappa shape index (κ1) is 45.1. The number of carbonyl (C=O) groups excluding carboxylic acids is 3. The van der Waals surface area contributed by atoms with Crippen LogP contribution in [0.4, 0.5) is 0 Å². The number of ether oxygens (including phenoxy) is 5. The van der Waals surface area contributed by atoms with Crippen molar-refractivity contribution < 1.29 is 38.1 Å². The van der Waals surface area contributed by atoms with E-state index in [0.29, 0.717) is 76.1 Å². The van der Waals surface area contributed by atoms with Crippen molar-refractivity contribution in [2.45, 2.75) is 88.6 Å². The number of aryl methyl sites for hydroxylation is 2. The van der Waals surface area contributed by atoms with Gasteiger partial charge in [0.2, 0.25) is 17.7 Å². The predicted molar refractivity (Wildman–Crippen MR) is 234 cm³/mol. The van der Waals surface area contributed by atoms with E-state index in [1.165, 1.54) is 46.9 Å². The number of piperazine rings is 1. The summed E-state index contributed by atoms with van der Waals surface area (Å²) in [6.45, 7) is 8.17. The van der Waals surface area contributed by atoms with E-state index in [1.54, 1.807) is 17.9 Å². The van der Waals surface area contributed by atoms with Crippen LogP contribution in [0, 0.1) is 5.92 Å². The fraction of sp³-hybridized carbons (Fsp3) is 0.652. The number of aromatic nitrogens is 5. The minimum atomic E-state index is -0.694. The van der Waals surface area contributed by atoms with Crippen molar-refractivity contribution in [3.8, 4) is 0 Å². The summed E-state index contributed by atoms with van der Waals surface area (Å²) < 4.78 is 31.3. The maximum absolute atomic E-state index is 13.0. The molecule has 1 aliphatic carbocycles. The minimum Gasteiger partial charge on any atom is -0.381 e. The quantitative estimate of drug-likeness (QED) is 0.0977. The number of hydrogen-bond acceptors (Lipinski definition) is 12. The summed E-state index contributed by atoms with van der Waals surface area (Å²) in [6, 6.07) is 5.71. The maximum Gasteiger partial charge on any atom is 0.329 e. The van der Waals surface area contributed by atoms with Crippen LogP contribution in [-0.4, -0.2) is 150 Å². The second-order valence-corrected chi connectivity index (χ2v) is 17.5. The molecule has 3 aliphatic heterocycles. The zero-order valence-corrected chi connectivity index (χ0v) is 36.7. The summed E-state index contributed by atoms with van der Waals surface area (Å²) in [6.07, 6.45) is 13.8. The zero-order chi connectivity index (χ0) is 43.5. The molecule has 17 nitrogen and oxygen atoms in total. The van der Waals surface area contributed by atoms with Crippen LogP contribution in [-0.2, 0) is 58.0 Å². The molecule has 4 aliphatic rings. The number of rotatable bonds is 20. The lowest BCUT2D eigenvalue weighted by Gasteiger charge is -2.42. The smallest absolute Gasteiger partial charge is 0.329 e. The lowest BCUT2D eigenvalue weighted by molar-refractivity contribution is -0.139. The fourth-order valence-electron chi connectivity index (χ4n) is 9.95. The third-order valence-corrected chi connectivity index (χ3v) is 13.5. The number of benzene rings is 1. The normalized spacial score (nSPS) is 21.7. The molecule has 63 heavy (non-hydrogen) atoms. The van der Waals surface area contributed by atoms with Crippen molar-refractivity contribution in [3.05, 3.63) is 58.0 Å². The van der Waals surface area contributed by atoms with Gasteiger partial charge >= 0.3 is 5.69 Å². The first-order valence-electron chi connectivity index (χ1n) is 23.1. The number of piperidine rings is 1. The predicted octanol–water partition coefficient (Wildman–Crippen LogP) is 3.43. The van der Waals surface area contributed by atoms with Crippen LogP contribution in [0.2, 0.25) is 0 Å². The fourth-order valence-corrected chi connectivity index (χ4v) is 9.95. The van der Waals surface area contributed by atoms with E-state index in [1.807, 2.05) is 23.1 Å². The first-order valence-corrected chi connectivity index (χ1v) is 23.1. The Morgan fingerprint density at radius 2 is 1.54 bits per heavy atom. The number of hydrogen-bond donors (Lipinski definition) is 2. The van der Waals surface area contributed by atoms with Gasteiger partial charge in [0.15, 0.2) is 0 Å². The van der Waals surface area contributed by atoms with Gasteiger partial charge in [-0.15, -0.1) is 0 Å². The molecule has 4 fully saturated rings. The number of carbonyl (C=O) groups is 3. The number of fused-ring (bicyclic) bond motifs is 2. The third-order valence-electron chi connectivity index (χ3n) is 13.5. The highest BCUT2D eigenvalue weighted by atomic mass is 16.6. The average Bonchev–Trinajstić information content (AvgIpc) is 3.85. The Hall–Kier alpha value is -4.52. The van der Waals surface area contributed by atoms with E-state index in [2.05, 4.69) is 26.4 Å². The summed E-state index contributed by atoms with van der Waals surface area (Å²) in [5.41, 5.74) is 5.74. The van der Waals surface area contributed by atoms with Crippen molar-refractivity contribution in [3.63, 3.8) is 0 Å². The van der Waals surface area contributed by atoms with Gasteiger partial charge in [-0.05, 0) is 99.3 Å². The van der Waals surface area contributed by atoms with E-state index >= 15 is 0 Å². The Labute approximate surface area is 368 Å². The highest BCUT2D eigenvalue weighted by molar-refractivity contribution is 6.00. The van der Waals surface area contributed by atoms with Gasteiger partial charge in [0.05, 0.1) is 56.4 Å². The van der Waals surface area contributed by atoms with Gasteiger partial charge in [-0.3, -0.25) is 33.7 Å². The van der Waals surface area contributed by atoms with Gasteiger partial charge in [0.1, 0.15) is 24.6 Å². The standard InChI is InChI=1S/C46H64N8O9/c1-51-40-28-32(6-9-38(40)54(46(51)58)39-10-11-41(55)50-45(39)57)3-2-18-59-21-22-61-23-24-62-25-26-63-30-42(56)53-16-14-52(15-17-53)35-7-4-33(5-8-35)27-37-43-36(34-12-19-60-20-13-34)29-47-44(43)49-31-48-37/h6,9,28-29,31,33-35,39H,2-5,7-8,10-27,30H2,1H3,(H,47,48,49)(H,50,55,57). The van der Waals surface area contributed by atoms with Crippen molar-refractivity contribution in [1.82, 2.24) is 39.2 Å². The molecule has 1 saturated carbocycles. The Kier molecular flexibility index (Phi) is 15.7. The highest BCUT2D eigenvalue weighted by Gasteiger charge is 2.33. The van der Waals surface area contributed by atoms with Crippen LogP contribution in [0.1, 0.15) is 86.6 Å². The number of nitrogens with one attached hydrogen (secondary N) is 2. The molecule has 1 unspecified atom stereocenters. The largest absolute Gasteiger partial charge is 0.381 e. The van der Waals surface area contributed by atoms with Crippen molar-refractivity contribution >= 4 is 39.8 Å². The average molecular weight is 873 g/mol. The van der Waals surface area contributed by atoms with Crippen molar-refractivity contribution in [2.24, 2.45) is 13.0 Å². The maximum atomic E-state index is 13.0. The van der Waals surface area contributed by atoms with Crippen molar-refractivity contribution in [2.75, 3.05) is 92.2 Å². The Morgan fingerprint density at radius 3 is 2.27 bits per heavy atom. The second kappa shape index (κ2) is 21.9. The Balaban J connectivity index is 0.626. The Morgan fingerprint density at radius 1 is 0.825 bits per heavy atom. The molecule has 8 rings (SSSR count). The molecule has 3 saturated heterocycles. The van der Waals surface area contributed by atoms with E-state index in [9.17, 15) is 19.2 Å². The monoisotopic (exact) mass is 872 g/mol. The molecule has 3 amide bonds. The molecule has 4 aromatic rings. The zero-order valence-electron chi connectivity index (χ0n) is 36.7. The van der Waals surface area contributed by atoms with E-state index in [4.69, 9.17) is 28.7 Å². The molecule has 0 radical (unpaired) electrons. The van der Waals surface area contributed by atoms with Gasteiger partial charge in [-0.25, -0.2) is 14.8 Å². The molecule has 342 valence electrons. The number of imide groups is 1. The van der Waals surface area contributed by atoms with Gasteiger partial charge in [0.25, 0.3) is 0 Å². The molecule has 0 bridgehead atoms. The van der Waals surface area contributed by atoms with Crippen molar-refractivity contribution in [1.29, 1.82) is 0 Å². The Bertz CT molecular complexity index is 2220. The number of amides is 3. The van der Waals surface area contributed by atoms with Crippen LogP contribution in [0.3, 0.4) is 0 Å². The molecule has 3 aromatic heterocycles. The lowest BCUT2D eigenvalue weighted by Crippen LogP contribution is -2.53. The van der Waals surface area contributed by atoms with Gasteiger partial charge in [-0.1, -0.05) is 6.07 Å². The topological polar surface area (TPSA) is 184 Å². The number of nitrogens with zero attached hydrogens (tertiary/aromatic N) is 6. The van der Waals surface area contributed by atoms with Crippen LogP contribution >= 0.6 is 0 Å². The first-order chi connectivity index (χ1) is 30.8. The summed E-state index contributed by atoms with van der Waals surface area (Å²) >= 11 is 0. The van der Waals surface area contributed by atoms with Gasteiger partial charge in [-0.2, -0.15) is 0 Å². The SMILES string of the molecule is Cn1c(=O)n(C2CCC(=O)NC2=O)c2ccc(CCCOCCOCCOCCOCC(=O)N3CCN(C4CCC(Cc5ncnc6[nH]cc(C7CCOCC7)c56)CC4)CC3)cc21. The van der Waals surface area contributed by atoms with Crippen LogP contribution in [0.25, 0.3) is 22.1 Å². The van der Waals surface area contributed by atoms with Gasteiger partial charge in [0, 0.05) is 77.1 Å². The second-order valence-electron chi connectivity index (χ2n) is 17.5. The molecule has 1 aromatic carbocycles. The third kappa shape index (κ3) is 11.2. The van der Waals surface area contributed by atoms with E-state index in [0.717, 1.165) is 88.2 Å². The summed E-state index contributed by atoms with van der Waals surface area (Å²) in [5, 5.41) is 3.58. The van der Waals surface area contributed by atoms with Crippen LogP contribution in [0.5, 0.6) is 0 Å². The number of aromatic amines is 1. The summed E-state index contributed by atoms with van der Waals surface area (Å²) in [5.74, 6) is 0.432. The van der Waals surface area contributed by atoms with Crippen LogP contribution in [0.15, 0.2) is 35.5 Å². The molecule has 1 atom stereocenters. The molecule has 2 N–H and O–H groups in total. The highest BCUT2D eigenvalue weighted by Crippen LogP contribution is 2.36. The molecule has 6 heterocycles. The number of imidazole rings is 1. The van der Waals surface area contributed by atoms with Gasteiger partial charge < -0.3 is 33.6 Å². The minimum absolute atomic E-state index is 0.0393. The molecule has 17 heteroatoms. The summed E-state index contributed by atoms with van der Waals surface area (Å²) in [7, 11) is 1.70. The lowest BCUT2D eigenvalue weighted by atomic mass is 9.81. The molecular weight excluding hydrogens is 809 g/mol. The number of H-pyrrole nitrogens is 1. The van der Waals surface area contributed by atoms with E-state index in [-0.39, 0.29) is 30.5 Å².